The van der Waals surface area contributed by atoms with E-state index in [0.717, 1.165) is 0 Å². The number of nitrogen functional groups attached to an aromatic ring is 1. The second-order valence-electron chi connectivity index (χ2n) is 4.62. The van der Waals surface area contributed by atoms with Crippen molar-refractivity contribution < 1.29 is 4.79 Å². The molecule has 1 aromatic rings. The number of nitrogens with zero attached hydrogens (tertiary/aromatic N) is 3. The quantitative estimate of drug-likeness (QED) is 0.897. The van der Waals surface area contributed by atoms with Crippen LogP contribution in [-0.2, 0) is 0 Å². The fourth-order valence-electron chi connectivity index (χ4n) is 1.66. The average Bonchev–Trinajstić information content (AvgIpc) is 2.36. The van der Waals surface area contributed by atoms with E-state index < -0.39 is 0 Å². The molecule has 1 amide bonds. The molecule has 0 atom stereocenters. The van der Waals surface area contributed by atoms with Crippen LogP contribution < -0.4 is 5.73 Å². The summed E-state index contributed by atoms with van der Waals surface area (Å²) in [5.74, 6) is 0.251. The van der Waals surface area contributed by atoms with Gasteiger partial charge in [-0.25, -0.2) is 4.98 Å². The summed E-state index contributed by atoms with van der Waals surface area (Å²) in [6.07, 6.45) is 0.276. The average molecular weight is 281 g/mol. The van der Waals surface area contributed by atoms with Crippen LogP contribution in [0.1, 0.15) is 30.8 Å². The van der Waals surface area contributed by atoms with Gasteiger partial charge in [-0.2, -0.15) is 5.26 Å². The van der Waals surface area contributed by atoms with Crippen molar-refractivity contribution in [1.29, 1.82) is 5.26 Å². The number of aromatic nitrogens is 1. The lowest BCUT2D eigenvalue weighted by Crippen LogP contribution is -2.35. The minimum atomic E-state index is -0.291. The monoisotopic (exact) mass is 280 g/mol. The lowest BCUT2D eigenvalue weighted by atomic mass is 10.2. The van der Waals surface area contributed by atoms with Crippen LogP contribution in [0, 0.1) is 17.2 Å². The number of amides is 1. The standard InChI is InChI=1S/C13H17ClN4O/c1-9(2)8-18(7-3-6-15)13(19)12-10(14)4-5-11(16)17-12/h4-5,9H,3,7-8H2,1-2H3,(H2,16,17). The van der Waals surface area contributed by atoms with E-state index in [-0.39, 0.29) is 28.9 Å². The number of hydrogen-bond acceptors (Lipinski definition) is 4. The van der Waals surface area contributed by atoms with Crippen molar-refractivity contribution >= 4 is 23.3 Å². The zero-order chi connectivity index (χ0) is 14.4. The van der Waals surface area contributed by atoms with E-state index >= 15 is 0 Å². The van der Waals surface area contributed by atoms with Gasteiger partial charge in [-0.1, -0.05) is 25.4 Å². The lowest BCUT2D eigenvalue weighted by molar-refractivity contribution is 0.0734. The lowest BCUT2D eigenvalue weighted by Gasteiger charge is -2.23. The second kappa shape index (κ2) is 6.95. The first kappa shape index (κ1) is 15.3. The van der Waals surface area contributed by atoms with Gasteiger partial charge in [0.05, 0.1) is 17.5 Å². The van der Waals surface area contributed by atoms with Crippen LogP contribution in [0.3, 0.4) is 0 Å². The topological polar surface area (TPSA) is 83.0 Å². The van der Waals surface area contributed by atoms with Crippen molar-refractivity contribution in [2.24, 2.45) is 5.92 Å². The van der Waals surface area contributed by atoms with Crippen LogP contribution in [0.25, 0.3) is 0 Å². The molecule has 1 aromatic heterocycles. The Balaban J connectivity index is 2.97. The van der Waals surface area contributed by atoms with Gasteiger partial charge in [0.2, 0.25) is 0 Å². The second-order valence-corrected chi connectivity index (χ2v) is 5.03. The third kappa shape index (κ3) is 4.42. The fraction of sp³-hybridized carbons (Fsp3) is 0.462. The van der Waals surface area contributed by atoms with Gasteiger partial charge >= 0.3 is 0 Å². The smallest absolute Gasteiger partial charge is 0.274 e. The summed E-state index contributed by atoms with van der Waals surface area (Å²) >= 11 is 5.98. The summed E-state index contributed by atoms with van der Waals surface area (Å²) < 4.78 is 0. The highest BCUT2D eigenvalue weighted by molar-refractivity contribution is 6.33. The van der Waals surface area contributed by atoms with Gasteiger partial charge in [-0.3, -0.25) is 4.79 Å². The van der Waals surface area contributed by atoms with Crippen molar-refractivity contribution in [3.05, 3.63) is 22.8 Å². The molecule has 19 heavy (non-hydrogen) atoms. The molecule has 1 rings (SSSR count). The van der Waals surface area contributed by atoms with E-state index in [4.69, 9.17) is 22.6 Å². The van der Waals surface area contributed by atoms with Gasteiger partial charge in [0.1, 0.15) is 11.5 Å². The van der Waals surface area contributed by atoms with Crippen LogP contribution >= 0.6 is 11.6 Å². The molecule has 0 unspecified atom stereocenters. The van der Waals surface area contributed by atoms with Gasteiger partial charge in [0.25, 0.3) is 5.91 Å². The fourth-order valence-corrected chi connectivity index (χ4v) is 1.84. The van der Waals surface area contributed by atoms with Crippen LogP contribution in [0.15, 0.2) is 12.1 Å². The Kier molecular flexibility index (Phi) is 5.58. The molecule has 0 aromatic carbocycles. The molecule has 0 radical (unpaired) electrons. The molecule has 0 saturated carbocycles. The SMILES string of the molecule is CC(C)CN(CCC#N)C(=O)c1nc(N)ccc1Cl. The zero-order valence-electron chi connectivity index (χ0n) is 11.1. The van der Waals surface area contributed by atoms with Gasteiger partial charge in [0, 0.05) is 13.1 Å². The Labute approximate surface area is 118 Å². The Morgan fingerprint density at radius 3 is 2.84 bits per heavy atom. The van der Waals surface area contributed by atoms with Crippen LogP contribution in [0.4, 0.5) is 5.82 Å². The summed E-state index contributed by atoms with van der Waals surface area (Å²) in [6.45, 7) is 4.91. The maximum Gasteiger partial charge on any atom is 0.274 e. The summed E-state index contributed by atoms with van der Waals surface area (Å²) in [6, 6.07) is 5.13. The molecular weight excluding hydrogens is 264 g/mol. The molecule has 0 aliphatic heterocycles. The molecule has 6 heteroatoms. The highest BCUT2D eigenvalue weighted by Gasteiger charge is 2.20. The predicted octanol–water partition coefficient (Wildman–Crippen LogP) is 2.33. The highest BCUT2D eigenvalue weighted by atomic mass is 35.5. The Bertz CT molecular complexity index is 496. The predicted molar refractivity (Wildman–Crippen MR) is 74.6 cm³/mol. The summed E-state index contributed by atoms with van der Waals surface area (Å²) in [7, 11) is 0. The van der Waals surface area contributed by atoms with Gasteiger partial charge < -0.3 is 10.6 Å². The number of rotatable bonds is 5. The molecule has 0 spiro atoms. The van der Waals surface area contributed by atoms with E-state index in [1.807, 2.05) is 19.9 Å². The summed E-state index contributed by atoms with van der Waals surface area (Å²) in [5.41, 5.74) is 5.71. The number of pyridine rings is 1. The van der Waals surface area contributed by atoms with Crippen molar-refractivity contribution in [1.82, 2.24) is 9.88 Å². The van der Waals surface area contributed by atoms with Gasteiger partial charge in [-0.15, -0.1) is 0 Å². The number of anilines is 1. The van der Waals surface area contributed by atoms with E-state index in [1.54, 1.807) is 17.0 Å². The normalized spacial score (nSPS) is 10.3. The van der Waals surface area contributed by atoms with E-state index in [1.165, 1.54) is 0 Å². The van der Waals surface area contributed by atoms with Gasteiger partial charge in [-0.05, 0) is 18.1 Å². The van der Waals surface area contributed by atoms with Gasteiger partial charge in [0.15, 0.2) is 0 Å². The van der Waals surface area contributed by atoms with Crippen molar-refractivity contribution in [2.45, 2.75) is 20.3 Å². The number of nitrogens with two attached hydrogens (primary N) is 1. The van der Waals surface area contributed by atoms with Crippen molar-refractivity contribution in [3.63, 3.8) is 0 Å². The molecule has 0 bridgehead atoms. The third-order valence-electron chi connectivity index (χ3n) is 2.44. The van der Waals surface area contributed by atoms with E-state index in [2.05, 4.69) is 4.98 Å². The largest absolute Gasteiger partial charge is 0.384 e. The summed E-state index contributed by atoms with van der Waals surface area (Å²) in [5, 5.41) is 8.92. The minimum Gasteiger partial charge on any atom is -0.384 e. The number of hydrogen-bond donors (Lipinski definition) is 1. The molecule has 0 aliphatic rings. The molecule has 2 N–H and O–H groups in total. The molecule has 0 aliphatic carbocycles. The van der Waals surface area contributed by atoms with Crippen LogP contribution in [0.2, 0.25) is 5.02 Å². The first-order valence-electron chi connectivity index (χ1n) is 6.04. The van der Waals surface area contributed by atoms with Crippen molar-refractivity contribution in [3.8, 4) is 6.07 Å². The highest BCUT2D eigenvalue weighted by Crippen LogP contribution is 2.18. The zero-order valence-corrected chi connectivity index (χ0v) is 11.8. The Morgan fingerprint density at radius 1 is 1.58 bits per heavy atom. The maximum absolute atomic E-state index is 12.4. The molecule has 102 valence electrons. The van der Waals surface area contributed by atoms with Crippen LogP contribution in [0.5, 0.6) is 0 Å². The Morgan fingerprint density at radius 2 is 2.26 bits per heavy atom. The number of nitriles is 1. The molecular formula is C13H17ClN4O. The molecule has 1 heterocycles. The Hall–Kier alpha value is -1.80. The number of carbonyl (C=O) groups is 1. The molecule has 0 fully saturated rings. The number of halogens is 1. The van der Waals surface area contributed by atoms with E-state index in [0.29, 0.717) is 19.0 Å². The molecule has 5 nitrogen and oxygen atoms in total. The number of carbonyl (C=O) groups excluding carboxylic acids is 1. The van der Waals surface area contributed by atoms with Crippen molar-refractivity contribution in [2.75, 3.05) is 18.8 Å². The maximum atomic E-state index is 12.4. The third-order valence-corrected chi connectivity index (χ3v) is 2.74. The first-order valence-corrected chi connectivity index (χ1v) is 6.41. The minimum absolute atomic E-state index is 0.139. The summed E-state index contributed by atoms with van der Waals surface area (Å²) in [4.78, 5) is 17.9. The molecule has 0 saturated heterocycles. The van der Waals surface area contributed by atoms with E-state index in [9.17, 15) is 4.79 Å². The first-order chi connectivity index (χ1) is 8.95. The van der Waals surface area contributed by atoms with Crippen LogP contribution in [-0.4, -0.2) is 28.9 Å².